The van der Waals surface area contributed by atoms with Crippen molar-refractivity contribution in [3.05, 3.63) is 23.0 Å². The van der Waals surface area contributed by atoms with Gasteiger partial charge in [-0.1, -0.05) is 0 Å². The van der Waals surface area contributed by atoms with E-state index in [1.165, 1.54) is 12.7 Å². The molecule has 8 heteroatoms. The molecule has 0 spiro atoms. The number of nitrogens with zero attached hydrogens (tertiary/aromatic N) is 3. The first-order chi connectivity index (χ1) is 8.65. The number of imidazole rings is 1. The quantitative estimate of drug-likeness (QED) is 0.626. The minimum Gasteiger partial charge on any atom is -0.353 e. The lowest BCUT2D eigenvalue weighted by Crippen LogP contribution is -2.34. The predicted molar refractivity (Wildman–Crippen MR) is 64.9 cm³/mol. The number of nitrogens with two attached hydrogens (primary N) is 1. The van der Waals surface area contributed by atoms with Crippen LogP contribution in [-0.2, 0) is 4.79 Å². The minimum atomic E-state index is -0.504. The van der Waals surface area contributed by atoms with E-state index in [4.69, 9.17) is 5.73 Å². The van der Waals surface area contributed by atoms with E-state index in [0.29, 0.717) is 18.7 Å². The highest BCUT2D eigenvalue weighted by atomic mass is 16.2. The maximum absolute atomic E-state index is 11.8. The highest BCUT2D eigenvalue weighted by Gasteiger charge is 2.18. The first kappa shape index (κ1) is 12.2. The molecule has 0 saturated heterocycles. The molecule has 2 heterocycles. The first-order valence-electron chi connectivity index (χ1n) is 5.53. The SMILES string of the molecule is CC(C(=O)NCCN)n1cnc2c(=O)[nH]cnc21. The summed E-state index contributed by atoms with van der Waals surface area (Å²) in [6, 6.07) is -0.504. The Bertz CT molecular complexity index is 616. The molecule has 1 amide bonds. The monoisotopic (exact) mass is 250 g/mol. The van der Waals surface area contributed by atoms with E-state index in [-0.39, 0.29) is 17.0 Å². The smallest absolute Gasteiger partial charge is 0.278 e. The van der Waals surface area contributed by atoms with E-state index < -0.39 is 6.04 Å². The van der Waals surface area contributed by atoms with Crippen LogP contribution in [0.2, 0.25) is 0 Å². The number of nitrogens with one attached hydrogen (secondary N) is 2. The van der Waals surface area contributed by atoms with Gasteiger partial charge in [-0.15, -0.1) is 0 Å². The molecule has 0 aromatic carbocycles. The van der Waals surface area contributed by atoms with Crippen LogP contribution in [0.5, 0.6) is 0 Å². The Kier molecular flexibility index (Phi) is 3.38. The summed E-state index contributed by atoms with van der Waals surface area (Å²) in [5, 5.41) is 2.67. The van der Waals surface area contributed by atoms with E-state index in [0.717, 1.165) is 0 Å². The van der Waals surface area contributed by atoms with Gasteiger partial charge in [0.2, 0.25) is 5.91 Å². The van der Waals surface area contributed by atoms with Crippen molar-refractivity contribution in [2.45, 2.75) is 13.0 Å². The fraction of sp³-hybridized carbons (Fsp3) is 0.400. The van der Waals surface area contributed by atoms with Gasteiger partial charge in [-0.2, -0.15) is 0 Å². The second kappa shape index (κ2) is 4.96. The van der Waals surface area contributed by atoms with Crippen LogP contribution in [0, 0.1) is 0 Å². The van der Waals surface area contributed by atoms with Gasteiger partial charge >= 0.3 is 0 Å². The molecule has 2 aromatic rings. The molecule has 4 N–H and O–H groups in total. The first-order valence-corrected chi connectivity index (χ1v) is 5.53. The predicted octanol–water partition coefficient (Wildman–Crippen LogP) is -1.24. The second-order valence-corrected chi connectivity index (χ2v) is 3.81. The average molecular weight is 250 g/mol. The van der Waals surface area contributed by atoms with Crippen molar-refractivity contribution in [1.29, 1.82) is 0 Å². The number of aromatic amines is 1. The summed E-state index contributed by atoms with van der Waals surface area (Å²) in [6.45, 7) is 2.49. The zero-order valence-electron chi connectivity index (χ0n) is 9.88. The molecule has 0 fully saturated rings. The Balaban J connectivity index is 2.34. The molecular formula is C10H14N6O2. The lowest BCUT2D eigenvalue weighted by Gasteiger charge is -2.13. The average Bonchev–Trinajstić information content (AvgIpc) is 2.80. The molecule has 0 radical (unpaired) electrons. The molecule has 0 bridgehead atoms. The molecule has 2 rings (SSSR count). The summed E-state index contributed by atoms with van der Waals surface area (Å²) < 4.78 is 1.55. The van der Waals surface area contributed by atoms with Gasteiger partial charge in [0.25, 0.3) is 5.56 Å². The summed E-state index contributed by atoms with van der Waals surface area (Å²) in [5.74, 6) is -0.193. The van der Waals surface area contributed by atoms with Crippen molar-refractivity contribution in [2.24, 2.45) is 5.73 Å². The molecule has 1 atom stereocenters. The fourth-order valence-corrected chi connectivity index (χ4v) is 1.62. The summed E-state index contributed by atoms with van der Waals surface area (Å²) in [5.41, 5.74) is 5.59. The second-order valence-electron chi connectivity index (χ2n) is 3.81. The van der Waals surface area contributed by atoms with Crippen LogP contribution in [0.15, 0.2) is 17.4 Å². The Labute approximate surface area is 102 Å². The van der Waals surface area contributed by atoms with Gasteiger partial charge in [0.05, 0.1) is 12.7 Å². The third-order valence-corrected chi connectivity index (χ3v) is 2.61. The highest BCUT2D eigenvalue weighted by molar-refractivity contribution is 5.82. The Morgan fingerprint density at radius 2 is 2.39 bits per heavy atom. The standard InChI is InChI=1S/C10H14N6O2/c1-6(9(17)12-3-2-11)16-5-15-7-8(16)13-4-14-10(7)18/h4-6H,2-3,11H2,1H3,(H,12,17)(H,13,14,18). The van der Waals surface area contributed by atoms with Gasteiger partial charge in [0.15, 0.2) is 11.2 Å². The van der Waals surface area contributed by atoms with E-state index in [1.807, 2.05) is 0 Å². The van der Waals surface area contributed by atoms with Crippen molar-refractivity contribution < 1.29 is 4.79 Å². The molecule has 18 heavy (non-hydrogen) atoms. The van der Waals surface area contributed by atoms with Crippen LogP contribution < -0.4 is 16.6 Å². The normalized spacial score (nSPS) is 12.6. The van der Waals surface area contributed by atoms with E-state index in [1.54, 1.807) is 11.5 Å². The fourth-order valence-electron chi connectivity index (χ4n) is 1.62. The number of fused-ring (bicyclic) bond motifs is 1. The van der Waals surface area contributed by atoms with Gasteiger partial charge in [-0.05, 0) is 6.92 Å². The number of amides is 1. The third-order valence-electron chi connectivity index (χ3n) is 2.61. The molecule has 0 aliphatic heterocycles. The molecular weight excluding hydrogens is 236 g/mol. The van der Waals surface area contributed by atoms with Crippen LogP contribution in [0.4, 0.5) is 0 Å². The van der Waals surface area contributed by atoms with Crippen molar-refractivity contribution in [3.8, 4) is 0 Å². The number of rotatable bonds is 4. The van der Waals surface area contributed by atoms with Crippen LogP contribution in [0.1, 0.15) is 13.0 Å². The van der Waals surface area contributed by atoms with E-state index in [9.17, 15) is 9.59 Å². The summed E-state index contributed by atoms with van der Waals surface area (Å²) >= 11 is 0. The lowest BCUT2D eigenvalue weighted by molar-refractivity contribution is -0.123. The zero-order valence-corrected chi connectivity index (χ0v) is 9.88. The zero-order chi connectivity index (χ0) is 13.1. The Morgan fingerprint density at radius 1 is 1.61 bits per heavy atom. The van der Waals surface area contributed by atoms with Crippen LogP contribution in [0.25, 0.3) is 11.2 Å². The van der Waals surface area contributed by atoms with Crippen molar-refractivity contribution in [1.82, 2.24) is 24.8 Å². The molecule has 8 nitrogen and oxygen atoms in total. The Hall–Kier alpha value is -2.22. The van der Waals surface area contributed by atoms with Gasteiger partial charge in [0.1, 0.15) is 6.04 Å². The van der Waals surface area contributed by atoms with E-state index in [2.05, 4.69) is 20.3 Å². The van der Waals surface area contributed by atoms with Crippen LogP contribution in [-0.4, -0.2) is 38.5 Å². The van der Waals surface area contributed by atoms with Gasteiger partial charge in [-0.25, -0.2) is 9.97 Å². The molecule has 0 saturated carbocycles. The molecule has 2 aromatic heterocycles. The van der Waals surface area contributed by atoms with Gasteiger partial charge in [-0.3, -0.25) is 9.59 Å². The number of carbonyl (C=O) groups is 1. The number of carbonyl (C=O) groups excluding carboxylic acids is 1. The maximum Gasteiger partial charge on any atom is 0.278 e. The summed E-state index contributed by atoms with van der Waals surface area (Å²) in [7, 11) is 0. The van der Waals surface area contributed by atoms with Crippen LogP contribution >= 0.6 is 0 Å². The lowest BCUT2D eigenvalue weighted by atomic mass is 10.3. The summed E-state index contributed by atoms with van der Waals surface area (Å²) in [6.07, 6.45) is 2.72. The third kappa shape index (κ3) is 2.09. The molecule has 1 unspecified atom stereocenters. The van der Waals surface area contributed by atoms with Crippen molar-refractivity contribution >= 4 is 17.1 Å². The molecule has 96 valence electrons. The minimum absolute atomic E-state index is 0.193. The number of aromatic nitrogens is 4. The number of H-pyrrole nitrogens is 1. The maximum atomic E-state index is 11.8. The van der Waals surface area contributed by atoms with Gasteiger partial charge in [0, 0.05) is 13.1 Å². The highest BCUT2D eigenvalue weighted by Crippen LogP contribution is 2.12. The Morgan fingerprint density at radius 3 is 3.11 bits per heavy atom. The summed E-state index contributed by atoms with van der Waals surface area (Å²) in [4.78, 5) is 33.7. The topological polar surface area (TPSA) is 119 Å². The number of hydrogen-bond donors (Lipinski definition) is 3. The van der Waals surface area contributed by atoms with E-state index >= 15 is 0 Å². The van der Waals surface area contributed by atoms with Crippen molar-refractivity contribution in [3.63, 3.8) is 0 Å². The van der Waals surface area contributed by atoms with Gasteiger partial charge < -0.3 is 20.6 Å². The van der Waals surface area contributed by atoms with Crippen molar-refractivity contribution in [2.75, 3.05) is 13.1 Å². The van der Waals surface area contributed by atoms with Crippen LogP contribution in [0.3, 0.4) is 0 Å². The molecule has 0 aliphatic carbocycles. The largest absolute Gasteiger partial charge is 0.353 e. The number of hydrogen-bond acceptors (Lipinski definition) is 5. The molecule has 0 aliphatic rings.